The van der Waals surface area contributed by atoms with Gasteiger partial charge in [-0.25, -0.2) is 0 Å². The van der Waals surface area contributed by atoms with Crippen molar-refractivity contribution in [2.24, 2.45) is 0 Å². The smallest absolute Gasteiger partial charge is 0.460 e. The molecule has 0 heterocycles. The fourth-order valence-corrected chi connectivity index (χ4v) is 8.27. The monoisotopic (exact) mass is 306 g/mol. The quantitative estimate of drug-likeness (QED) is 0.698. The van der Waals surface area contributed by atoms with E-state index < -0.39 is 28.8 Å². The summed E-state index contributed by atoms with van der Waals surface area (Å²) < 4.78 is 15.7. The largest absolute Gasteiger partial charge is 0.520 e. The van der Waals surface area contributed by atoms with Gasteiger partial charge in [0.2, 0.25) is 8.32 Å². The van der Waals surface area contributed by atoms with Crippen LogP contribution >= 0.6 is 0 Å². The topological polar surface area (TPSA) is 78.9 Å². The van der Waals surface area contributed by atoms with Crippen LogP contribution in [-0.2, 0) is 27.7 Å². The Labute approximate surface area is 115 Å². The van der Waals surface area contributed by atoms with Crippen molar-refractivity contribution in [1.82, 2.24) is 0 Å². The summed E-state index contributed by atoms with van der Waals surface area (Å²) in [4.78, 5) is 33.2. The highest BCUT2D eigenvalue weighted by Gasteiger charge is 2.41. The summed E-state index contributed by atoms with van der Waals surface area (Å²) in [6.45, 7) is 9.37. The summed E-state index contributed by atoms with van der Waals surface area (Å²) in [5.41, 5.74) is 0. The minimum atomic E-state index is -2.89. The van der Waals surface area contributed by atoms with E-state index >= 15 is 0 Å². The Morgan fingerprint density at radius 2 is 1.11 bits per heavy atom. The first-order chi connectivity index (χ1) is 8.46. The van der Waals surface area contributed by atoms with Gasteiger partial charge in [0.25, 0.3) is 17.9 Å². The second-order valence-corrected chi connectivity index (χ2v) is 12.6. The van der Waals surface area contributed by atoms with Crippen molar-refractivity contribution in [3.63, 3.8) is 0 Å². The first-order valence-corrected chi connectivity index (χ1v) is 11.7. The van der Waals surface area contributed by atoms with Crippen molar-refractivity contribution in [3.8, 4) is 0 Å². The van der Waals surface area contributed by atoms with Gasteiger partial charge in [-0.05, 0) is 19.1 Å². The molecule has 0 radical (unpaired) electrons. The van der Waals surface area contributed by atoms with Crippen molar-refractivity contribution < 1.29 is 27.7 Å². The van der Waals surface area contributed by atoms with Gasteiger partial charge in [-0.2, -0.15) is 0 Å². The van der Waals surface area contributed by atoms with E-state index in [-0.39, 0.29) is 5.97 Å². The Balaban J connectivity index is 4.69. The molecule has 8 heteroatoms. The fraction of sp³-hybridized carbons (Fsp3) is 0.727. The summed E-state index contributed by atoms with van der Waals surface area (Å²) in [5, 5.41) is 0. The Kier molecular flexibility index (Phi) is 6.43. The zero-order valence-electron chi connectivity index (χ0n) is 12.4. The van der Waals surface area contributed by atoms with E-state index in [0.29, 0.717) is 12.1 Å². The van der Waals surface area contributed by atoms with Crippen LogP contribution in [0.25, 0.3) is 0 Å². The summed E-state index contributed by atoms with van der Waals surface area (Å²) >= 11 is 0. The van der Waals surface area contributed by atoms with Crippen LogP contribution in [0, 0.1) is 0 Å². The van der Waals surface area contributed by atoms with E-state index in [9.17, 15) is 14.4 Å². The van der Waals surface area contributed by atoms with Crippen LogP contribution in [0.3, 0.4) is 0 Å². The molecule has 0 aromatic heterocycles. The van der Waals surface area contributed by atoms with Crippen LogP contribution in [0.15, 0.2) is 0 Å². The zero-order chi connectivity index (χ0) is 15.3. The molecule has 0 saturated carbocycles. The van der Waals surface area contributed by atoms with Crippen LogP contribution in [0.1, 0.15) is 20.8 Å². The van der Waals surface area contributed by atoms with E-state index in [1.54, 1.807) is 6.55 Å². The van der Waals surface area contributed by atoms with Gasteiger partial charge in [-0.3, -0.25) is 14.4 Å². The third kappa shape index (κ3) is 8.54. The lowest BCUT2D eigenvalue weighted by Gasteiger charge is -2.28. The second-order valence-electron chi connectivity index (χ2n) is 5.17. The maximum atomic E-state index is 11.1. The molecule has 0 amide bonds. The molecule has 6 nitrogen and oxygen atoms in total. The van der Waals surface area contributed by atoms with Gasteiger partial charge in [0.05, 0.1) is 0 Å². The molecule has 0 saturated heterocycles. The summed E-state index contributed by atoms with van der Waals surface area (Å²) in [5.74, 6) is -1.26. The minimum absolute atomic E-state index is 0.319. The molecular weight excluding hydrogens is 284 g/mol. The lowest BCUT2D eigenvalue weighted by atomic mass is 10.9. The van der Waals surface area contributed by atoms with E-state index in [1.807, 2.05) is 13.1 Å². The summed E-state index contributed by atoms with van der Waals surface area (Å²) in [7, 11) is -5.07. The number of hydrogen-bond acceptors (Lipinski definition) is 6. The molecule has 0 aromatic rings. The van der Waals surface area contributed by atoms with Gasteiger partial charge >= 0.3 is 8.56 Å². The van der Waals surface area contributed by atoms with Crippen molar-refractivity contribution in [2.75, 3.05) is 0 Å². The van der Waals surface area contributed by atoms with Crippen molar-refractivity contribution in [1.29, 1.82) is 0 Å². The highest BCUT2D eigenvalue weighted by atomic mass is 28.4. The fourth-order valence-electron chi connectivity index (χ4n) is 1.70. The molecule has 19 heavy (non-hydrogen) atoms. The predicted octanol–water partition coefficient (Wildman–Crippen LogP) is 1.95. The molecule has 0 spiro atoms. The lowest BCUT2D eigenvalue weighted by Crippen LogP contribution is -2.44. The maximum Gasteiger partial charge on any atom is 0.460 e. The van der Waals surface area contributed by atoms with Gasteiger partial charge in [0.15, 0.2) is 0 Å². The van der Waals surface area contributed by atoms with Crippen molar-refractivity contribution >= 4 is 34.8 Å². The van der Waals surface area contributed by atoms with Crippen LogP contribution in [-0.4, -0.2) is 34.8 Å². The van der Waals surface area contributed by atoms with E-state index in [1.165, 1.54) is 20.8 Å². The molecular formula is C11H22O6Si2. The van der Waals surface area contributed by atoms with Crippen molar-refractivity contribution in [2.45, 2.75) is 52.5 Å². The van der Waals surface area contributed by atoms with E-state index in [2.05, 4.69) is 0 Å². The van der Waals surface area contributed by atoms with Crippen LogP contribution in [0.2, 0.25) is 31.7 Å². The summed E-state index contributed by atoms with van der Waals surface area (Å²) in [6.07, 6.45) is 0. The lowest BCUT2D eigenvalue weighted by molar-refractivity contribution is -0.139. The molecule has 0 rings (SSSR count). The molecule has 110 valence electrons. The molecule has 0 aromatic carbocycles. The molecule has 0 N–H and O–H groups in total. The molecule has 0 aliphatic rings. The molecule has 0 bridgehead atoms. The second kappa shape index (κ2) is 6.85. The van der Waals surface area contributed by atoms with Gasteiger partial charge in [-0.15, -0.1) is 0 Å². The van der Waals surface area contributed by atoms with Gasteiger partial charge < -0.3 is 13.3 Å². The Hall–Kier alpha value is -1.16. The Morgan fingerprint density at radius 3 is 1.42 bits per heavy atom. The molecule has 0 aliphatic heterocycles. The number of carbonyl (C=O) groups excluding carboxylic acids is 3. The molecule has 0 fully saturated rings. The number of hydrogen-bond donors (Lipinski definition) is 0. The predicted molar refractivity (Wildman–Crippen MR) is 74.0 cm³/mol. The van der Waals surface area contributed by atoms with Crippen LogP contribution in [0.4, 0.5) is 0 Å². The first-order valence-electron chi connectivity index (χ1n) is 6.04. The number of rotatable bonds is 6. The highest BCUT2D eigenvalue weighted by Crippen LogP contribution is 2.23. The van der Waals surface area contributed by atoms with Gasteiger partial charge in [-0.1, -0.05) is 0 Å². The average molecular weight is 306 g/mol. The molecule has 0 aliphatic carbocycles. The maximum absolute atomic E-state index is 11.1. The SMILES string of the molecule is CC(=O)O[Si](C)(C)CC[Si](C)(OC(C)=O)OC(C)=O. The van der Waals surface area contributed by atoms with Crippen LogP contribution in [0.5, 0.6) is 0 Å². The highest BCUT2D eigenvalue weighted by molar-refractivity contribution is 6.76. The number of carbonyl (C=O) groups is 3. The van der Waals surface area contributed by atoms with Gasteiger partial charge in [0, 0.05) is 33.4 Å². The Bertz CT molecular complexity index is 350. The minimum Gasteiger partial charge on any atom is -0.520 e. The van der Waals surface area contributed by atoms with Crippen molar-refractivity contribution in [3.05, 3.63) is 0 Å². The third-order valence-corrected chi connectivity index (χ3v) is 7.71. The zero-order valence-corrected chi connectivity index (χ0v) is 14.4. The third-order valence-electron chi connectivity index (χ3n) is 2.32. The summed E-state index contributed by atoms with van der Waals surface area (Å²) in [6, 6.07) is 1.01. The Morgan fingerprint density at radius 1 is 0.737 bits per heavy atom. The van der Waals surface area contributed by atoms with Gasteiger partial charge in [0.1, 0.15) is 0 Å². The molecule has 0 atom stereocenters. The standard InChI is InChI=1S/C11H22O6Si2/c1-9(12)15-18(4,5)7-8-19(6,16-10(2)13)17-11(3)14/h7-8H2,1-6H3. The van der Waals surface area contributed by atoms with Crippen LogP contribution < -0.4 is 0 Å². The van der Waals surface area contributed by atoms with E-state index in [0.717, 1.165) is 0 Å². The first kappa shape index (κ1) is 17.8. The normalized spacial score (nSPS) is 11.7. The molecule has 0 unspecified atom stereocenters. The van der Waals surface area contributed by atoms with E-state index in [4.69, 9.17) is 13.3 Å². The average Bonchev–Trinajstić information content (AvgIpc) is 2.10.